The molecule has 0 saturated heterocycles. The second-order valence-corrected chi connectivity index (χ2v) is 4.31. The number of carbonyl (C=O) groups is 1. The van der Waals surface area contributed by atoms with E-state index in [-0.39, 0.29) is 5.56 Å². The molecule has 1 aromatic heterocycles. The van der Waals surface area contributed by atoms with Crippen LogP contribution in [0.25, 0.3) is 22.2 Å². The van der Waals surface area contributed by atoms with E-state index in [4.69, 9.17) is 5.11 Å². The number of hydrogen-bond donors (Lipinski definition) is 2. The van der Waals surface area contributed by atoms with Gasteiger partial charge >= 0.3 is 5.97 Å². The van der Waals surface area contributed by atoms with Gasteiger partial charge in [0.05, 0.1) is 0 Å². The molecule has 1 heterocycles. The number of carboxylic acid groups (broad SMARTS) is 1. The molecule has 0 bridgehead atoms. The molecule has 2 aromatic carbocycles. The lowest BCUT2D eigenvalue weighted by Gasteiger charge is -2.05. The summed E-state index contributed by atoms with van der Waals surface area (Å²) in [4.78, 5) is 29.1. The number of rotatable bonds is 2. The second kappa shape index (κ2) is 4.62. The fraction of sp³-hybridized carbons (Fsp3) is 0. The zero-order valence-corrected chi connectivity index (χ0v) is 10.3. The maximum atomic E-state index is 11.7. The lowest BCUT2D eigenvalue weighted by Crippen LogP contribution is -2.18. The number of aromatic amines is 1. The number of nitrogens with one attached hydrogen (secondary N) is 1. The standard InChI is InChI=1S/C15H10N2O3/c18-14-12(15(19)20)8-16-13(17-14)11-7-3-5-9-4-1-2-6-10(9)11/h1-8H,(H,19,20)(H,16,17,18). The Bertz CT molecular complexity index is 863. The van der Waals surface area contributed by atoms with Crippen LogP contribution in [0.5, 0.6) is 0 Å². The van der Waals surface area contributed by atoms with Crippen molar-refractivity contribution in [3.8, 4) is 11.4 Å². The van der Waals surface area contributed by atoms with Crippen molar-refractivity contribution in [3.05, 3.63) is 64.6 Å². The Morgan fingerprint density at radius 1 is 1.10 bits per heavy atom. The summed E-state index contributed by atoms with van der Waals surface area (Å²) in [7, 11) is 0. The van der Waals surface area contributed by atoms with Crippen LogP contribution in [0.4, 0.5) is 0 Å². The predicted molar refractivity (Wildman–Crippen MR) is 74.8 cm³/mol. The highest BCUT2D eigenvalue weighted by molar-refractivity contribution is 5.95. The first-order valence-electron chi connectivity index (χ1n) is 5.97. The minimum Gasteiger partial charge on any atom is -0.477 e. The molecule has 0 saturated carbocycles. The van der Waals surface area contributed by atoms with E-state index in [1.807, 2.05) is 42.5 Å². The third-order valence-corrected chi connectivity index (χ3v) is 3.07. The van der Waals surface area contributed by atoms with Gasteiger partial charge in [0.15, 0.2) is 0 Å². The molecule has 5 nitrogen and oxygen atoms in total. The number of aromatic carboxylic acids is 1. The molecule has 2 N–H and O–H groups in total. The van der Waals surface area contributed by atoms with E-state index < -0.39 is 11.5 Å². The molecular formula is C15H10N2O3. The Morgan fingerprint density at radius 2 is 1.85 bits per heavy atom. The SMILES string of the molecule is O=C(O)c1cnc(-c2cccc3ccccc23)[nH]c1=O. The first-order valence-corrected chi connectivity index (χ1v) is 5.97. The zero-order chi connectivity index (χ0) is 14.1. The highest BCUT2D eigenvalue weighted by Gasteiger charge is 2.11. The van der Waals surface area contributed by atoms with E-state index in [1.54, 1.807) is 0 Å². The van der Waals surface area contributed by atoms with Gasteiger partial charge in [0.2, 0.25) is 0 Å². The lowest BCUT2D eigenvalue weighted by molar-refractivity contribution is 0.0694. The van der Waals surface area contributed by atoms with E-state index >= 15 is 0 Å². The minimum absolute atomic E-state index is 0.358. The average molecular weight is 266 g/mol. The molecule has 20 heavy (non-hydrogen) atoms. The Balaban J connectivity index is 2.24. The van der Waals surface area contributed by atoms with Gasteiger partial charge in [0.25, 0.3) is 5.56 Å². The third-order valence-electron chi connectivity index (χ3n) is 3.07. The summed E-state index contributed by atoms with van der Waals surface area (Å²) in [5.74, 6) is -0.931. The summed E-state index contributed by atoms with van der Waals surface area (Å²) >= 11 is 0. The highest BCUT2D eigenvalue weighted by atomic mass is 16.4. The van der Waals surface area contributed by atoms with Crippen molar-refractivity contribution >= 4 is 16.7 Å². The number of carboxylic acids is 1. The molecule has 0 unspecified atom stereocenters. The van der Waals surface area contributed by atoms with Gasteiger partial charge in [-0.3, -0.25) is 4.79 Å². The first-order chi connectivity index (χ1) is 9.66. The Hall–Kier alpha value is -2.95. The quantitative estimate of drug-likeness (QED) is 0.745. The number of fused-ring (bicyclic) bond motifs is 1. The molecule has 5 heteroatoms. The van der Waals surface area contributed by atoms with Crippen LogP contribution in [0.3, 0.4) is 0 Å². The van der Waals surface area contributed by atoms with E-state index in [0.717, 1.165) is 22.5 Å². The molecule has 0 spiro atoms. The number of hydrogen-bond acceptors (Lipinski definition) is 3. The van der Waals surface area contributed by atoms with Crippen molar-refractivity contribution in [1.82, 2.24) is 9.97 Å². The van der Waals surface area contributed by atoms with E-state index in [1.165, 1.54) is 0 Å². The van der Waals surface area contributed by atoms with Crippen molar-refractivity contribution in [2.75, 3.05) is 0 Å². The smallest absolute Gasteiger partial charge is 0.342 e. The van der Waals surface area contributed by atoms with Crippen LogP contribution >= 0.6 is 0 Å². The summed E-state index contributed by atoms with van der Waals surface area (Å²) in [6, 6.07) is 13.4. The second-order valence-electron chi connectivity index (χ2n) is 4.31. The normalized spacial score (nSPS) is 10.6. The van der Waals surface area contributed by atoms with Crippen LogP contribution in [0.15, 0.2) is 53.5 Å². The van der Waals surface area contributed by atoms with E-state index in [2.05, 4.69) is 9.97 Å². The van der Waals surface area contributed by atoms with Crippen LogP contribution in [0.2, 0.25) is 0 Å². The van der Waals surface area contributed by atoms with Gasteiger partial charge in [-0.05, 0) is 10.8 Å². The van der Waals surface area contributed by atoms with Gasteiger partial charge in [0.1, 0.15) is 11.4 Å². The van der Waals surface area contributed by atoms with Gasteiger partial charge in [0, 0.05) is 11.8 Å². The van der Waals surface area contributed by atoms with Crippen LogP contribution in [-0.2, 0) is 0 Å². The van der Waals surface area contributed by atoms with Gasteiger partial charge in [-0.1, -0.05) is 42.5 Å². The minimum atomic E-state index is -1.29. The average Bonchev–Trinajstić information content (AvgIpc) is 2.46. The molecule has 0 radical (unpaired) electrons. The number of nitrogens with zero attached hydrogens (tertiary/aromatic N) is 1. The summed E-state index contributed by atoms with van der Waals surface area (Å²) in [5, 5.41) is 10.8. The van der Waals surface area contributed by atoms with E-state index in [9.17, 15) is 9.59 Å². The van der Waals surface area contributed by atoms with Gasteiger partial charge < -0.3 is 10.1 Å². The maximum Gasteiger partial charge on any atom is 0.342 e. The van der Waals surface area contributed by atoms with Gasteiger partial charge in [-0.2, -0.15) is 0 Å². The zero-order valence-electron chi connectivity index (χ0n) is 10.3. The maximum absolute atomic E-state index is 11.7. The van der Waals surface area contributed by atoms with Gasteiger partial charge in [-0.25, -0.2) is 9.78 Å². The van der Waals surface area contributed by atoms with Crippen LogP contribution in [0.1, 0.15) is 10.4 Å². The Morgan fingerprint density at radius 3 is 2.60 bits per heavy atom. The van der Waals surface area contributed by atoms with Gasteiger partial charge in [-0.15, -0.1) is 0 Å². The van der Waals surface area contributed by atoms with Crippen LogP contribution in [-0.4, -0.2) is 21.0 Å². The molecule has 0 fully saturated rings. The fourth-order valence-corrected chi connectivity index (χ4v) is 2.12. The first kappa shape index (κ1) is 12.1. The topological polar surface area (TPSA) is 83.0 Å². The molecular weight excluding hydrogens is 256 g/mol. The highest BCUT2D eigenvalue weighted by Crippen LogP contribution is 2.25. The predicted octanol–water partition coefficient (Wildman–Crippen LogP) is 2.29. The Kier molecular flexibility index (Phi) is 2.80. The molecule has 98 valence electrons. The lowest BCUT2D eigenvalue weighted by atomic mass is 10.0. The molecule has 0 atom stereocenters. The van der Waals surface area contributed by atoms with E-state index in [0.29, 0.717) is 5.82 Å². The van der Waals surface area contributed by atoms with Crippen molar-refractivity contribution in [1.29, 1.82) is 0 Å². The molecule has 0 amide bonds. The summed E-state index contributed by atoms with van der Waals surface area (Å²) < 4.78 is 0. The summed E-state index contributed by atoms with van der Waals surface area (Å²) in [5.41, 5.74) is -0.262. The van der Waals surface area contributed by atoms with Crippen molar-refractivity contribution in [3.63, 3.8) is 0 Å². The largest absolute Gasteiger partial charge is 0.477 e. The molecule has 3 rings (SSSR count). The fourth-order valence-electron chi connectivity index (χ4n) is 2.12. The number of aromatic nitrogens is 2. The molecule has 0 aliphatic carbocycles. The molecule has 0 aliphatic rings. The van der Waals surface area contributed by atoms with Crippen molar-refractivity contribution in [2.45, 2.75) is 0 Å². The van der Waals surface area contributed by atoms with Crippen LogP contribution in [0, 0.1) is 0 Å². The molecule has 3 aromatic rings. The summed E-state index contributed by atoms with van der Waals surface area (Å²) in [6.45, 7) is 0. The summed E-state index contributed by atoms with van der Waals surface area (Å²) in [6.07, 6.45) is 1.08. The van der Waals surface area contributed by atoms with Crippen LogP contribution < -0.4 is 5.56 Å². The third kappa shape index (κ3) is 1.95. The monoisotopic (exact) mass is 266 g/mol. The van der Waals surface area contributed by atoms with Crippen molar-refractivity contribution < 1.29 is 9.90 Å². The Labute approximate surface area is 113 Å². The molecule has 0 aliphatic heterocycles. The number of H-pyrrole nitrogens is 1. The number of benzene rings is 2. The van der Waals surface area contributed by atoms with Crippen molar-refractivity contribution in [2.24, 2.45) is 0 Å².